The predicted molar refractivity (Wildman–Crippen MR) is 87.8 cm³/mol. The van der Waals surface area contributed by atoms with Crippen LogP contribution in [0, 0.1) is 0 Å². The number of anilines is 2. The van der Waals surface area contributed by atoms with E-state index in [1.807, 2.05) is 49.9 Å². The van der Waals surface area contributed by atoms with Gasteiger partial charge in [-0.1, -0.05) is 12.1 Å². The van der Waals surface area contributed by atoms with Gasteiger partial charge in [-0.15, -0.1) is 0 Å². The summed E-state index contributed by atoms with van der Waals surface area (Å²) in [5.41, 5.74) is 7.30. The minimum Gasteiger partial charge on any atom is -0.444 e. The molecule has 2 saturated heterocycles. The van der Waals surface area contributed by atoms with Crippen LogP contribution in [0.25, 0.3) is 0 Å². The summed E-state index contributed by atoms with van der Waals surface area (Å²) in [5.74, 6) is 0. The maximum absolute atomic E-state index is 12.2. The third-order valence-electron chi connectivity index (χ3n) is 4.37. The molecule has 2 atom stereocenters. The fourth-order valence-electron chi connectivity index (χ4n) is 3.45. The van der Waals surface area contributed by atoms with Gasteiger partial charge in [0.15, 0.2) is 0 Å². The first-order valence-corrected chi connectivity index (χ1v) is 7.96. The molecule has 1 aromatic rings. The normalized spacial score (nSPS) is 27.0. The number of carbonyl (C=O) groups excluding carboxylic acids is 1. The second kappa shape index (κ2) is 5.38. The molecular weight excluding hydrogens is 278 g/mol. The molecule has 2 unspecified atom stereocenters. The molecule has 2 heterocycles. The van der Waals surface area contributed by atoms with Crippen LogP contribution in [0.1, 0.15) is 40.0 Å². The number of benzene rings is 1. The highest BCUT2D eigenvalue weighted by molar-refractivity contribution is 5.71. The van der Waals surface area contributed by atoms with Crippen LogP contribution in [0.5, 0.6) is 0 Å². The van der Waals surface area contributed by atoms with Crippen LogP contribution in [0.2, 0.25) is 0 Å². The Morgan fingerprint density at radius 3 is 2.45 bits per heavy atom. The zero-order valence-electron chi connectivity index (χ0n) is 13.5. The van der Waals surface area contributed by atoms with Gasteiger partial charge in [0.1, 0.15) is 5.60 Å². The third-order valence-corrected chi connectivity index (χ3v) is 4.37. The van der Waals surface area contributed by atoms with Crippen LogP contribution in [0.3, 0.4) is 0 Å². The molecule has 0 radical (unpaired) electrons. The topological polar surface area (TPSA) is 67.6 Å². The van der Waals surface area contributed by atoms with E-state index in [0.717, 1.165) is 30.6 Å². The van der Waals surface area contributed by atoms with Crippen LogP contribution in [-0.4, -0.2) is 34.7 Å². The van der Waals surface area contributed by atoms with Crippen LogP contribution in [-0.2, 0) is 4.74 Å². The van der Waals surface area contributed by atoms with E-state index in [0.29, 0.717) is 6.04 Å². The van der Waals surface area contributed by atoms with Crippen LogP contribution >= 0.6 is 0 Å². The van der Waals surface area contributed by atoms with Gasteiger partial charge in [-0.25, -0.2) is 4.79 Å². The van der Waals surface area contributed by atoms with Gasteiger partial charge >= 0.3 is 6.09 Å². The van der Waals surface area contributed by atoms with Crippen LogP contribution in [0.4, 0.5) is 16.2 Å². The highest BCUT2D eigenvalue weighted by Crippen LogP contribution is 2.40. The predicted octanol–water partition coefficient (Wildman–Crippen LogP) is 3.22. The molecule has 1 aliphatic carbocycles. The molecule has 2 aliphatic heterocycles. The summed E-state index contributed by atoms with van der Waals surface area (Å²) in [6.45, 7) is 5.72. The number of hydrogen-bond acceptors (Lipinski definition) is 4. The molecule has 3 fully saturated rings. The van der Waals surface area contributed by atoms with Crippen molar-refractivity contribution >= 4 is 17.5 Å². The number of piperidine rings is 1. The average molecular weight is 303 g/mol. The average Bonchev–Trinajstić information content (AvgIpc) is 2.39. The summed E-state index contributed by atoms with van der Waals surface area (Å²) in [5, 5.41) is 3.51. The van der Waals surface area contributed by atoms with Gasteiger partial charge < -0.3 is 20.7 Å². The van der Waals surface area contributed by atoms with Gasteiger partial charge in [0.25, 0.3) is 0 Å². The van der Waals surface area contributed by atoms with Gasteiger partial charge in [-0.2, -0.15) is 0 Å². The molecule has 3 N–H and O–H groups in total. The van der Waals surface area contributed by atoms with Crippen molar-refractivity contribution < 1.29 is 9.53 Å². The number of amides is 1. The molecule has 120 valence electrons. The summed E-state index contributed by atoms with van der Waals surface area (Å²) in [6, 6.07) is 8.76. The molecule has 1 saturated carbocycles. The summed E-state index contributed by atoms with van der Waals surface area (Å²) in [4.78, 5) is 14.2. The SMILES string of the molecule is CC(C)(C)OC(=O)N1C2CC(Nc3ccccc3N)CC1C2. The number of fused-ring (bicyclic) bond motifs is 2. The molecule has 1 aromatic carbocycles. The van der Waals surface area contributed by atoms with E-state index >= 15 is 0 Å². The van der Waals surface area contributed by atoms with Crippen molar-refractivity contribution in [3.8, 4) is 0 Å². The van der Waals surface area contributed by atoms with E-state index in [-0.39, 0.29) is 18.2 Å². The van der Waals surface area contributed by atoms with Gasteiger partial charge in [0, 0.05) is 18.1 Å². The third kappa shape index (κ3) is 2.98. The molecule has 0 aromatic heterocycles. The number of hydrogen-bond donors (Lipinski definition) is 2. The Morgan fingerprint density at radius 2 is 1.86 bits per heavy atom. The Kier molecular flexibility index (Phi) is 3.67. The summed E-state index contributed by atoms with van der Waals surface area (Å²) < 4.78 is 5.50. The van der Waals surface area contributed by atoms with Gasteiger partial charge in [-0.3, -0.25) is 0 Å². The molecule has 2 bridgehead atoms. The zero-order valence-corrected chi connectivity index (χ0v) is 13.5. The first-order chi connectivity index (χ1) is 10.3. The lowest BCUT2D eigenvalue weighted by atomic mass is 9.77. The van der Waals surface area contributed by atoms with E-state index in [1.165, 1.54) is 0 Å². The largest absolute Gasteiger partial charge is 0.444 e. The molecule has 22 heavy (non-hydrogen) atoms. The van der Waals surface area contributed by atoms with E-state index in [9.17, 15) is 4.79 Å². The Labute approximate surface area is 131 Å². The fourth-order valence-corrected chi connectivity index (χ4v) is 3.45. The second-order valence-electron chi connectivity index (χ2n) is 7.33. The first-order valence-electron chi connectivity index (χ1n) is 7.96. The van der Waals surface area contributed by atoms with Gasteiger partial charge in [-0.05, 0) is 52.2 Å². The van der Waals surface area contributed by atoms with E-state index in [1.54, 1.807) is 0 Å². The summed E-state index contributed by atoms with van der Waals surface area (Å²) in [6.07, 6.45) is 2.81. The summed E-state index contributed by atoms with van der Waals surface area (Å²) in [7, 11) is 0. The van der Waals surface area contributed by atoms with E-state index in [4.69, 9.17) is 10.5 Å². The number of para-hydroxylation sites is 2. The number of ether oxygens (including phenoxy) is 1. The van der Waals surface area contributed by atoms with Crippen molar-refractivity contribution in [2.45, 2.75) is 63.8 Å². The molecule has 5 heteroatoms. The number of rotatable bonds is 2. The first kappa shape index (κ1) is 15.0. The van der Waals surface area contributed by atoms with Gasteiger partial charge in [0.05, 0.1) is 11.4 Å². The van der Waals surface area contributed by atoms with Crippen molar-refractivity contribution in [1.82, 2.24) is 4.90 Å². The zero-order chi connectivity index (χ0) is 15.9. The molecular formula is C17H25N3O2. The number of nitrogens with zero attached hydrogens (tertiary/aromatic N) is 1. The molecule has 5 nitrogen and oxygen atoms in total. The molecule has 1 amide bonds. The van der Waals surface area contributed by atoms with Crippen molar-refractivity contribution in [3.63, 3.8) is 0 Å². The maximum atomic E-state index is 12.2. The minimum absolute atomic E-state index is 0.175. The quantitative estimate of drug-likeness (QED) is 0.823. The number of carbonyl (C=O) groups is 1. The number of nitrogen functional groups attached to an aromatic ring is 1. The maximum Gasteiger partial charge on any atom is 0.410 e. The standard InChI is InChI=1S/C17H25N3O2/c1-17(2,3)22-16(21)20-12-8-11(9-13(20)10-12)19-15-7-5-4-6-14(15)18/h4-7,11-13,19H,8-10,18H2,1-3H3. The Hall–Kier alpha value is -1.91. The van der Waals surface area contributed by atoms with Crippen molar-refractivity contribution in [2.24, 2.45) is 0 Å². The Balaban J connectivity index is 1.59. The minimum atomic E-state index is -0.433. The molecule has 3 aliphatic rings. The fraction of sp³-hybridized carbons (Fsp3) is 0.588. The Bertz CT molecular complexity index is 555. The van der Waals surface area contributed by atoms with E-state index in [2.05, 4.69) is 5.32 Å². The smallest absolute Gasteiger partial charge is 0.410 e. The lowest BCUT2D eigenvalue weighted by molar-refractivity contribution is -0.0538. The molecule has 0 spiro atoms. The second-order valence-corrected chi connectivity index (χ2v) is 7.33. The van der Waals surface area contributed by atoms with Crippen molar-refractivity contribution in [3.05, 3.63) is 24.3 Å². The summed E-state index contributed by atoms with van der Waals surface area (Å²) >= 11 is 0. The lowest BCUT2D eigenvalue weighted by Crippen LogP contribution is -2.65. The number of nitrogens with two attached hydrogens (primary N) is 1. The number of nitrogens with one attached hydrogen (secondary N) is 1. The van der Waals surface area contributed by atoms with Gasteiger partial charge in [0.2, 0.25) is 0 Å². The highest BCUT2D eigenvalue weighted by atomic mass is 16.6. The van der Waals surface area contributed by atoms with Crippen LogP contribution in [0.15, 0.2) is 24.3 Å². The Morgan fingerprint density at radius 1 is 1.23 bits per heavy atom. The molecule has 4 rings (SSSR count). The monoisotopic (exact) mass is 303 g/mol. The van der Waals surface area contributed by atoms with Crippen LogP contribution < -0.4 is 11.1 Å². The lowest BCUT2D eigenvalue weighted by Gasteiger charge is -2.55. The van der Waals surface area contributed by atoms with E-state index < -0.39 is 5.60 Å². The van der Waals surface area contributed by atoms with Crippen molar-refractivity contribution in [2.75, 3.05) is 11.1 Å². The van der Waals surface area contributed by atoms with Crippen molar-refractivity contribution in [1.29, 1.82) is 0 Å². The highest BCUT2D eigenvalue weighted by Gasteiger charge is 2.49.